The molecule has 0 aromatic carbocycles. The van der Waals surface area contributed by atoms with Gasteiger partial charge in [0.25, 0.3) is 0 Å². The predicted octanol–water partition coefficient (Wildman–Crippen LogP) is 0.891. The topological polar surface area (TPSA) is 78.4 Å². The van der Waals surface area contributed by atoms with E-state index in [0.717, 1.165) is 18.5 Å². The number of halogens is 1. The molecular formula is C14H22IN5O. The van der Waals surface area contributed by atoms with Gasteiger partial charge in [0.2, 0.25) is 5.91 Å². The average molecular weight is 403 g/mol. The zero-order valence-corrected chi connectivity index (χ0v) is 14.5. The molecule has 1 aromatic rings. The number of rotatable bonds is 6. The van der Waals surface area contributed by atoms with Crippen LogP contribution in [0.3, 0.4) is 0 Å². The molecule has 0 unspecified atom stereocenters. The summed E-state index contributed by atoms with van der Waals surface area (Å²) in [6.45, 7) is 1.88. The third-order valence-corrected chi connectivity index (χ3v) is 3.05. The van der Waals surface area contributed by atoms with Crippen LogP contribution in [0.25, 0.3) is 0 Å². The quantitative estimate of drug-likeness (QED) is 0.285. The van der Waals surface area contributed by atoms with Crippen molar-refractivity contribution in [1.29, 1.82) is 0 Å². The summed E-state index contributed by atoms with van der Waals surface area (Å²) in [7, 11) is 1.72. The summed E-state index contributed by atoms with van der Waals surface area (Å²) in [5.74, 6) is 1.14. The largest absolute Gasteiger partial charge is 0.355 e. The summed E-state index contributed by atoms with van der Waals surface area (Å²) in [4.78, 5) is 19.8. The molecule has 1 saturated carbocycles. The van der Waals surface area contributed by atoms with Crippen molar-refractivity contribution in [3.8, 4) is 0 Å². The van der Waals surface area contributed by atoms with Crippen LogP contribution in [0.1, 0.15) is 18.5 Å². The Hall–Kier alpha value is -1.38. The fourth-order valence-corrected chi connectivity index (χ4v) is 1.75. The molecule has 2 rings (SSSR count). The zero-order valence-electron chi connectivity index (χ0n) is 12.1. The fourth-order valence-electron chi connectivity index (χ4n) is 1.75. The Morgan fingerprint density at radius 2 is 2.05 bits per heavy atom. The highest BCUT2D eigenvalue weighted by Gasteiger charge is 2.28. The second kappa shape index (κ2) is 9.54. The Bertz CT molecular complexity index is 462. The van der Waals surface area contributed by atoms with E-state index in [1.165, 1.54) is 0 Å². The van der Waals surface area contributed by atoms with Crippen molar-refractivity contribution in [3.05, 3.63) is 30.1 Å². The van der Waals surface area contributed by atoms with Crippen molar-refractivity contribution in [2.24, 2.45) is 10.9 Å². The van der Waals surface area contributed by atoms with E-state index in [9.17, 15) is 4.79 Å². The standard InChI is InChI=1S/C14H21N5O.HI/c1-15-14(19-10-12-4-2-3-7-16-12)18-9-8-17-13(20)11-5-6-11;/h2-4,7,11H,5-6,8-10H2,1H3,(H,17,20)(H2,15,18,19);1H. The summed E-state index contributed by atoms with van der Waals surface area (Å²) in [6, 6.07) is 5.79. The van der Waals surface area contributed by atoms with E-state index >= 15 is 0 Å². The second-order valence-corrected chi connectivity index (χ2v) is 4.74. The minimum absolute atomic E-state index is 0. The van der Waals surface area contributed by atoms with Gasteiger partial charge < -0.3 is 16.0 Å². The van der Waals surface area contributed by atoms with Gasteiger partial charge in [-0.05, 0) is 25.0 Å². The number of pyridine rings is 1. The minimum Gasteiger partial charge on any atom is -0.355 e. The Labute approximate surface area is 142 Å². The van der Waals surface area contributed by atoms with Gasteiger partial charge in [-0.1, -0.05) is 6.07 Å². The molecule has 6 nitrogen and oxygen atoms in total. The number of aromatic nitrogens is 1. The number of guanidine groups is 1. The monoisotopic (exact) mass is 403 g/mol. The lowest BCUT2D eigenvalue weighted by molar-refractivity contribution is -0.122. The Kier molecular flexibility index (Phi) is 8.03. The van der Waals surface area contributed by atoms with Gasteiger partial charge in [0, 0.05) is 32.3 Å². The molecule has 0 aliphatic heterocycles. The van der Waals surface area contributed by atoms with Gasteiger partial charge in [0.05, 0.1) is 12.2 Å². The summed E-state index contributed by atoms with van der Waals surface area (Å²) in [6.07, 6.45) is 3.83. The van der Waals surface area contributed by atoms with Crippen molar-refractivity contribution >= 4 is 35.8 Å². The highest BCUT2D eigenvalue weighted by molar-refractivity contribution is 14.0. The van der Waals surface area contributed by atoms with Crippen LogP contribution in [0.5, 0.6) is 0 Å². The summed E-state index contributed by atoms with van der Waals surface area (Å²) in [5, 5.41) is 9.22. The number of carbonyl (C=O) groups is 1. The van der Waals surface area contributed by atoms with E-state index < -0.39 is 0 Å². The SMILES string of the molecule is CN=C(NCCNC(=O)C1CC1)NCc1ccccn1.I. The lowest BCUT2D eigenvalue weighted by Gasteiger charge is -2.12. The minimum atomic E-state index is 0. The first-order chi connectivity index (χ1) is 9.79. The van der Waals surface area contributed by atoms with Crippen LogP contribution in [-0.2, 0) is 11.3 Å². The first-order valence-electron chi connectivity index (χ1n) is 6.91. The van der Waals surface area contributed by atoms with Crippen LogP contribution >= 0.6 is 24.0 Å². The highest BCUT2D eigenvalue weighted by atomic mass is 127. The smallest absolute Gasteiger partial charge is 0.223 e. The van der Waals surface area contributed by atoms with Crippen LogP contribution in [-0.4, -0.2) is 37.0 Å². The second-order valence-electron chi connectivity index (χ2n) is 4.74. The van der Waals surface area contributed by atoms with E-state index in [1.807, 2.05) is 18.2 Å². The van der Waals surface area contributed by atoms with Crippen molar-refractivity contribution < 1.29 is 4.79 Å². The molecule has 0 radical (unpaired) electrons. The van der Waals surface area contributed by atoms with E-state index in [0.29, 0.717) is 25.6 Å². The molecule has 1 amide bonds. The fraction of sp³-hybridized carbons (Fsp3) is 0.500. The molecule has 0 spiro atoms. The first kappa shape index (κ1) is 17.7. The van der Waals surface area contributed by atoms with Crippen molar-refractivity contribution in [2.75, 3.05) is 20.1 Å². The van der Waals surface area contributed by atoms with Gasteiger partial charge in [-0.25, -0.2) is 0 Å². The van der Waals surface area contributed by atoms with Crippen LogP contribution < -0.4 is 16.0 Å². The van der Waals surface area contributed by atoms with Gasteiger partial charge in [-0.15, -0.1) is 24.0 Å². The number of hydrogen-bond donors (Lipinski definition) is 3. The van der Waals surface area contributed by atoms with Crippen LogP contribution in [0.2, 0.25) is 0 Å². The van der Waals surface area contributed by atoms with Crippen LogP contribution in [0.4, 0.5) is 0 Å². The molecule has 1 aliphatic rings. The molecule has 3 N–H and O–H groups in total. The summed E-state index contributed by atoms with van der Waals surface area (Å²) in [5.41, 5.74) is 0.956. The van der Waals surface area contributed by atoms with Crippen LogP contribution in [0, 0.1) is 5.92 Å². The van der Waals surface area contributed by atoms with Crippen molar-refractivity contribution in [2.45, 2.75) is 19.4 Å². The lowest BCUT2D eigenvalue weighted by Crippen LogP contribution is -2.41. The molecule has 1 heterocycles. The maximum Gasteiger partial charge on any atom is 0.223 e. The number of nitrogens with one attached hydrogen (secondary N) is 3. The molecule has 0 atom stereocenters. The summed E-state index contributed by atoms with van der Waals surface area (Å²) < 4.78 is 0. The molecule has 0 bridgehead atoms. The lowest BCUT2D eigenvalue weighted by atomic mass is 10.3. The Morgan fingerprint density at radius 1 is 1.29 bits per heavy atom. The van der Waals surface area contributed by atoms with E-state index in [4.69, 9.17) is 0 Å². The first-order valence-corrected chi connectivity index (χ1v) is 6.91. The molecule has 1 fully saturated rings. The zero-order chi connectivity index (χ0) is 14.2. The van der Waals surface area contributed by atoms with E-state index in [2.05, 4.69) is 25.9 Å². The Balaban J connectivity index is 0.00000220. The highest BCUT2D eigenvalue weighted by Crippen LogP contribution is 2.28. The number of nitrogens with zero attached hydrogens (tertiary/aromatic N) is 2. The molecular weight excluding hydrogens is 381 g/mol. The molecule has 1 aliphatic carbocycles. The van der Waals surface area contributed by atoms with Crippen molar-refractivity contribution in [1.82, 2.24) is 20.9 Å². The maximum atomic E-state index is 11.4. The molecule has 0 saturated heterocycles. The molecule has 116 valence electrons. The van der Waals surface area contributed by atoms with Crippen molar-refractivity contribution in [3.63, 3.8) is 0 Å². The van der Waals surface area contributed by atoms with E-state index in [-0.39, 0.29) is 35.8 Å². The summed E-state index contributed by atoms with van der Waals surface area (Å²) >= 11 is 0. The van der Waals surface area contributed by atoms with Gasteiger partial charge in [-0.2, -0.15) is 0 Å². The number of hydrogen-bond acceptors (Lipinski definition) is 3. The average Bonchev–Trinajstić information content (AvgIpc) is 3.32. The number of amides is 1. The molecule has 7 heteroatoms. The third-order valence-electron chi connectivity index (χ3n) is 3.05. The normalized spacial score (nSPS) is 14.0. The molecule has 1 aromatic heterocycles. The van der Waals surface area contributed by atoms with Gasteiger partial charge in [0.1, 0.15) is 0 Å². The maximum absolute atomic E-state index is 11.4. The van der Waals surface area contributed by atoms with Crippen LogP contribution in [0.15, 0.2) is 29.4 Å². The number of carbonyl (C=O) groups excluding carboxylic acids is 1. The predicted molar refractivity (Wildman–Crippen MR) is 93.6 cm³/mol. The van der Waals surface area contributed by atoms with Gasteiger partial charge in [0.15, 0.2) is 5.96 Å². The Morgan fingerprint density at radius 3 is 2.67 bits per heavy atom. The van der Waals surface area contributed by atoms with E-state index in [1.54, 1.807) is 13.2 Å². The van der Waals surface area contributed by atoms with Gasteiger partial charge in [-0.3, -0.25) is 14.8 Å². The third kappa shape index (κ3) is 6.74. The van der Waals surface area contributed by atoms with Gasteiger partial charge >= 0.3 is 0 Å². The number of aliphatic imine (C=N–C) groups is 1. The molecule has 21 heavy (non-hydrogen) atoms.